The smallest absolute Gasteiger partial charge is 0.410 e. The second-order valence-electron chi connectivity index (χ2n) is 6.46. The van der Waals surface area contributed by atoms with Crippen molar-refractivity contribution >= 4 is 35.2 Å². The molecule has 26 heavy (non-hydrogen) atoms. The molecule has 2 heterocycles. The Bertz CT molecular complexity index is 711. The van der Waals surface area contributed by atoms with Gasteiger partial charge in [0.05, 0.1) is 7.11 Å². The molecule has 0 radical (unpaired) electrons. The van der Waals surface area contributed by atoms with Crippen molar-refractivity contribution < 1.29 is 19.1 Å². The first kappa shape index (κ1) is 18.5. The normalized spacial score (nSPS) is 20.9. The van der Waals surface area contributed by atoms with Gasteiger partial charge in [-0.3, -0.25) is 14.5 Å². The fourth-order valence-electron chi connectivity index (χ4n) is 3.51. The minimum absolute atomic E-state index is 0.00312. The number of amides is 3. The van der Waals surface area contributed by atoms with Crippen LogP contribution in [-0.2, 0) is 14.3 Å². The van der Waals surface area contributed by atoms with Crippen LogP contribution in [0.2, 0.25) is 5.02 Å². The quantitative estimate of drug-likeness (QED) is 0.789. The molecule has 0 N–H and O–H groups in total. The van der Waals surface area contributed by atoms with Gasteiger partial charge in [0.1, 0.15) is 12.6 Å². The maximum absolute atomic E-state index is 12.9. The van der Waals surface area contributed by atoms with Crippen LogP contribution in [0, 0.1) is 0 Å². The van der Waals surface area contributed by atoms with Gasteiger partial charge in [-0.2, -0.15) is 0 Å². The SMILES string of the molecule is COC(=O)N1CCCC[C@@H]1C(=O)N1CCN(c2cccc(Cl)c2)C(=O)C1. The summed E-state index contributed by atoms with van der Waals surface area (Å²) in [6, 6.07) is 6.54. The van der Waals surface area contributed by atoms with Crippen molar-refractivity contribution in [3.63, 3.8) is 0 Å². The highest BCUT2D eigenvalue weighted by atomic mass is 35.5. The van der Waals surface area contributed by atoms with E-state index in [1.54, 1.807) is 23.1 Å². The van der Waals surface area contributed by atoms with E-state index in [1.807, 2.05) is 6.07 Å². The Morgan fingerprint density at radius 1 is 1.19 bits per heavy atom. The second kappa shape index (κ2) is 7.95. The molecule has 1 aromatic carbocycles. The van der Waals surface area contributed by atoms with Crippen molar-refractivity contribution in [2.24, 2.45) is 0 Å². The average Bonchev–Trinajstić information content (AvgIpc) is 2.66. The lowest BCUT2D eigenvalue weighted by atomic mass is 10.0. The number of hydrogen-bond donors (Lipinski definition) is 0. The summed E-state index contributed by atoms with van der Waals surface area (Å²) in [5.74, 6) is -0.346. The zero-order valence-corrected chi connectivity index (χ0v) is 15.4. The van der Waals surface area contributed by atoms with Crippen LogP contribution in [0.5, 0.6) is 0 Å². The van der Waals surface area contributed by atoms with Gasteiger partial charge in [0, 0.05) is 30.3 Å². The molecule has 8 heteroatoms. The van der Waals surface area contributed by atoms with Crippen molar-refractivity contribution in [3.8, 4) is 0 Å². The van der Waals surface area contributed by atoms with Crippen LogP contribution in [-0.4, -0.2) is 67.0 Å². The van der Waals surface area contributed by atoms with Crippen LogP contribution >= 0.6 is 11.6 Å². The van der Waals surface area contributed by atoms with Gasteiger partial charge in [-0.1, -0.05) is 17.7 Å². The first-order valence-electron chi connectivity index (χ1n) is 8.70. The largest absolute Gasteiger partial charge is 0.453 e. The highest BCUT2D eigenvalue weighted by Gasteiger charge is 2.38. The van der Waals surface area contributed by atoms with Crippen molar-refractivity contribution in [1.82, 2.24) is 9.80 Å². The van der Waals surface area contributed by atoms with Crippen LogP contribution in [0.4, 0.5) is 10.5 Å². The summed E-state index contributed by atoms with van der Waals surface area (Å²) in [5, 5.41) is 0.560. The molecule has 3 rings (SSSR count). The molecule has 0 unspecified atom stereocenters. The number of nitrogens with zero attached hydrogens (tertiary/aromatic N) is 3. The molecule has 0 aromatic heterocycles. The Morgan fingerprint density at radius 2 is 2.00 bits per heavy atom. The maximum Gasteiger partial charge on any atom is 0.410 e. The number of piperidine rings is 1. The minimum atomic E-state index is -0.554. The molecule has 2 saturated heterocycles. The zero-order valence-electron chi connectivity index (χ0n) is 14.7. The molecule has 0 bridgehead atoms. The molecule has 2 fully saturated rings. The fraction of sp³-hybridized carbons (Fsp3) is 0.500. The molecule has 0 aliphatic carbocycles. The van der Waals surface area contributed by atoms with E-state index in [1.165, 1.54) is 16.9 Å². The van der Waals surface area contributed by atoms with Crippen molar-refractivity contribution in [2.45, 2.75) is 25.3 Å². The van der Waals surface area contributed by atoms with Gasteiger partial charge in [-0.15, -0.1) is 0 Å². The van der Waals surface area contributed by atoms with Crippen LogP contribution in [0.1, 0.15) is 19.3 Å². The number of rotatable bonds is 2. The summed E-state index contributed by atoms with van der Waals surface area (Å²) in [6.07, 6.45) is 1.82. The molecule has 2 aliphatic rings. The van der Waals surface area contributed by atoms with Crippen LogP contribution < -0.4 is 4.90 Å². The van der Waals surface area contributed by atoms with E-state index in [-0.39, 0.29) is 18.4 Å². The Labute approximate surface area is 157 Å². The summed E-state index contributed by atoms with van der Waals surface area (Å²) in [4.78, 5) is 42.1. The Morgan fingerprint density at radius 3 is 2.69 bits per heavy atom. The fourth-order valence-corrected chi connectivity index (χ4v) is 3.70. The number of anilines is 1. The third-order valence-corrected chi connectivity index (χ3v) is 5.08. The van der Waals surface area contributed by atoms with Crippen LogP contribution in [0.25, 0.3) is 0 Å². The molecule has 1 aromatic rings. The monoisotopic (exact) mass is 379 g/mol. The predicted octanol–water partition coefficient (Wildman–Crippen LogP) is 2.14. The van der Waals surface area contributed by atoms with Crippen molar-refractivity contribution in [2.75, 3.05) is 38.2 Å². The van der Waals surface area contributed by atoms with Gasteiger partial charge in [-0.25, -0.2) is 4.79 Å². The Balaban J connectivity index is 1.68. The third-order valence-electron chi connectivity index (χ3n) is 4.85. The van der Waals surface area contributed by atoms with E-state index in [0.29, 0.717) is 31.1 Å². The highest BCUT2D eigenvalue weighted by Crippen LogP contribution is 2.24. The first-order valence-corrected chi connectivity index (χ1v) is 9.08. The van der Waals surface area contributed by atoms with Gasteiger partial charge in [0.2, 0.25) is 11.8 Å². The summed E-state index contributed by atoms with van der Waals surface area (Å²) < 4.78 is 4.79. The van der Waals surface area contributed by atoms with E-state index in [0.717, 1.165) is 18.5 Å². The Hall–Kier alpha value is -2.28. The number of halogens is 1. The summed E-state index contributed by atoms with van der Waals surface area (Å²) in [6.45, 7) is 1.31. The molecular weight excluding hydrogens is 358 g/mol. The zero-order chi connectivity index (χ0) is 18.7. The van der Waals surface area contributed by atoms with Crippen LogP contribution in [0.15, 0.2) is 24.3 Å². The number of carbonyl (C=O) groups excluding carboxylic acids is 3. The molecule has 7 nitrogen and oxygen atoms in total. The average molecular weight is 380 g/mol. The lowest BCUT2D eigenvalue weighted by molar-refractivity contribution is -0.141. The van der Waals surface area contributed by atoms with E-state index >= 15 is 0 Å². The number of ether oxygens (including phenoxy) is 1. The maximum atomic E-state index is 12.9. The number of likely N-dealkylation sites (tertiary alicyclic amines) is 1. The molecule has 1 atom stereocenters. The van der Waals surface area contributed by atoms with Gasteiger partial charge >= 0.3 is 6.09 Å². The van der Waals surface area contributed by atoms with Gasteiger partial charge in [-0.05, 0) is 37.5 Å². The molecule has 0 spiro atoms. The molecule has 2 aliphatic heterocycles. The lowest BCUT2D eigenvalue weighted by Gasteiger charge is -2.39. The summed E-state index contributed by atoms with van der Waals surface area (Å²) >= 11 is 6.00. The number of hydrogen-bond acceptors (Lipinski definition) is 4. The standard InChI is InChI=1S/C18H22ClN3O4/c1-26-18(25)22-8-3-2-7-15(22)17(24)20-9-10-21(16(23)12-20)14-6-4-5-13(19)11-14/h4-6,11,15H,2-3,7-10,12H2,1H3/t15-/m1/s1. The number of piperazine rings is 1. The van der Waals surface area contributed by atoms with Crippen LogP contribution in [0.3, 0.4) is 0 Å². The van der Waals surface area contributed by atoms with E-state index in [4.69, 9.17) is 16.3 Å². The van der Waals surface area contributed by atoms with Gasteiger partial charge < -0.3 is 14.5 Å². The third kappa shape index (κ3) is 3.77. The van der Waals surface area contributed by atoms with Crippen molar-refractivity contribution in [1.29, 1.82) is 0 Å². The molecule has 140 valence electrons. The topological polar surface area (TPSA) is 70.2 Å². The Kier molecular flexibility index (Phi) is 5.66. The van der Waals surface area contributed by atoms with E-state index < -0.39 is 12.1 Å². The lowest BCUT2D eigenvalue weighted by Crippen LogP contribution is -2.58. The minimum Gasteiger partial charge on any atom is -0.453 e. The first-order chi connectivity index (χ1) is 12.5. The summed E-state index contributed by atoms with van der Waals surface area (Å²) in [7, 11) is 1.31. The predicted molar refractivity (Wildman–Crippen MR) is 97.1 cm³/mol. The summed E-state index contributed by atoms with van der Waals surface area (Å²) in [5.41, 5.74) is 0.725. The number of methoxy groups -OCH3 is 1. The number of carbonyl (C=O) groups is 3. The highest BCUT2D eigenvalue weighted by molar-refractivity contribution is 6.30. The van der Waals surface area contributed by atoms with Gasteiger partial charge in [0.15, 0.2) is 0 Å². The van der Waals surface area contributed by atoms with E-state index in [2.05, 4.69) is 0 Å². The molecule has 3 amide bonds. The molecular formula is C18H22ClN3O4. The van der Waals surface area contributed by atoms with Crippen molar-refractivity contribution in [3.05, 3.63) is 29.3 Å². The van der Waals surface area contributed by atoms with E-state index in [9.17, 15) is 14.4 Å². The van der Waals surface area contributed by atoms with Gasteiger partial charge in [0.25, 0.3) is 0 Å². The second-order valence-corrected chi connectivity index (χ2v) is 6.90. The number of benzene rings is 1. The molecule has 0 saturated carbocycles.